The van der Waals surface area contributed by atoms with Gasteiger partial charge in [0.15, 0.2) is 0 Å². The molecule has 68 valence electrons. The highest BCUT2D eigenvalue weighted by Crippen LogP contribution is 2.20. The van der Waals surface area contributed by atoms with E-state index in [4.69, 9.17) is 22.0 Å². The van der Waals surface area contributed by atoms with Crippen molar-refractivity contribution >= 4 is 21.6 Å². The maximum absolute atomic E-state index is 10.9. The van der Waals surface area contributed by atoms with Gasteiger partial charge in [0.05, 0.1) is 16.7 Å². The lowest BCUT2D eigenvalue weighted by Crippen LogP contribution is -2.12. The van der Waals surface area contributed by atoms with E-state index in [2.05, 4.69) is 0 Å². The molecule has 0 unspecified atom stereocenters. The van der Waals surface area contributed by atoms with Crippen LogP contribution in [0.3, 0.4) is 0 Å². The third-order valence-electron chi connectivity index (χ3n) is 1.37. The molecule has 1 aromatic rings. The lowest BCUT2D eigenvalue weighted by atomic mass is 10.2. The molecule has 13 heavy (non-hydrogen) atoms. The van der Waals surface area contributed by atoms with Crippen molar-refractivity contribution < 1.29 is 8.42 Å². The van der Waals surface area contributed by atoms with E-state index in [1.165, 1.54) is 12.1 Å². The molecule has 0 bridgehead atoms. The summed E-state index contributed by atoms with van der Waals surface area (Å²) in [6, 6.07) is 5.66. The first-order valence-corrected chi connectivity index (χ1v) is 5.10. The van der Waals surface area contributed by atoms with Crippen molar-refractivity contribution in [3.63, 3.8) is 0 Å². The van der Waals surface area contributed by atoms with Crippen molar-refractivity contribution in [1.82, 2.24) is 0 Å². The maximum atomic E-state index is 10.9. The molecule has 1 aromatic carbocycles. The largest absolute Gasteiger partial charge is 0.239 e. The Bertz CT molecular complexity index is 476. The molecule has 0 fully saturated rings. The lowest BCUT2D eigenvalue weighted by molar-refractivity contribution is 0.598. The third-order valence-corrected chi connectivity index (χ3v) is 2.76. The topological polar surface area (TPSA) is 83.9 Å². The second-order valence-electron chi connectivity index (χ2n) is 2.30. The summed E-state index contributed by atoms with van der Waals surface area (Å²) in [6.07, 6.45) is 0. The average Bonchev–Trinajstić information content (AvgIpc) is 2.03. The summed E-state index contributed by atoms with van der Waals surface area (Å²) >= 11 is 5.57. The first-order valence-electron chi connectivity index (χ1n) is 3.17. The van der Waals surface area contributed by atoms with E-state index in [1.807, 2.05) is 0 Å². The van der Waals surface area contributed by atoms with Gasteiger partial charge in [-0.15, -0.1) is 0 Å². The molecule has 0 amide bonds. The molecule has 2 N–H and O–H groups in total. The van der Waals surface area contributed by atoms with Gasteiger partial charge >= 0.3 is 0 Å². The van der Waals surface area contributed by atoms with E-state index in [-0.39, 0.29) is 15.5 Å². The number of benzene rings is 1. The van der Waals surface area contributed by atoms with Crippen LogP contribution < -0.4 is 5.14 Å². The molecule has 0 spiro atoms. The number of hydrogen-bond acceptors (Lipinski definition) is 3. The Morgan fingerprint density at radius 2 is 2.08 bits per heavy atom. The molecule has 0 saturated heterocycles. The molecule has 0 atom stereocenters. The Balaban J connectivity index is 3.47. The van der Waals surface area contributed by atoms with E-state index < -0.39 is 10.0 Å². The lowest BCUT2D eigenvalue weighted by Gasteiger charge is -2.00. The van der Waals surface area contributed by atoms with Gasteiger partial charge in [-0.2, -0.15) is 5.26 Å². The minimum Gasteiger partial charge on any atom is -0.225 e. The number of nitrogens with zero attached hydrogens (tertiary/aromatic N) is 1. The van der Waals surface area contributed by atoms with E-state index in [0.717, 1.165) is 6.07 Å². The van der Waals surface area contributed by atoms with Crippen molar-refractivity contribution in [3.8, 4) is 6.07 Å². The van der Waals surface area contributed by atoms with Gasteiger partial charge in [0.1, 0.15) is 4.90 Å². The molecule has 4 nitrogen and oxygen atoms in total. The van der Waals surface area contributed by atoms with Gasteiger partial charge in [-0.05, 0) is 18.2 Å². The highest BCUT2D eigenvalue weighted by atomic mass is 35.5. The predicted octanol–water partition coefficient (Wildman–Crippen LogP) is 0.859. The Hall–Kier alpha value is -1.09. The number of hydrogen-bond donors (Lipinski definition) is 1. The monoisotopic (exact) mass is 216 g/mol. The molecule has 0 saturated carbocycles. The summed E-state index contributed by atoms with van der Waals surface area (Å²) in [6.45, 7) is 0. The van der Waals surface area contributed by atoms with Crippen molar-refractivity contribution in [1.29, 1.82) is 5.26 Å². The number of nitriles is 1. The highest BCUT2D eigenvalue weighted by Gasteiger charge is 2.12. The number of rotatable bonds is 1. The maximum Gasteiger partial charge on any atom is 0.239 e. The summed E-state index contributed by atoms with van der Waals surface area (Å²) in [5, 5.41) is 13.4. The minimum absolute atomic E-state index is 0.0153. The Kier molecular flexibility index (Phi) is 2.57. The molecule has 0 radical (unpaired) electrons. The normalized spacial score (nSPS) is 10.8. The van der Waals surface area contributed by atoms with Crippen molar-refractivity contribution in [2.24, 2.45) is 5.14 Å². The van der Waals surface area contributed by atoms with Crippen molar-refractivity contribution in [2.75, 3.05) is 0 Å². The number of primary sulfonamides is 1. The molecule has 1 rings (SSSR count). The van der Waals surface area contributed by atoms with Crippen LogP contribution in [0.4, 0.5) is 0 Å². The molecule has 0 aliphatic heterocycles. The zero-order valence-electron chi connectivity index (χ0n) is 6.36. The van der Waals surface area contributed by atoms with Gasteiger partial charge in [-0.1, -0.05) is 11.6 Å². The Morgan fingerprint density at radius 1 is 1.46 bits per heavy atom. The van der Waals surface area contributed by atoms with E-state index >= 15 is 0 Å². The Morgan fingerprint density at radius 3 is 2.54 bits per heavy atom. The first kappa shape index (κ1) is 9.99. The average molecular weight is 217 g/mol. The van der Waals surface area contributed by atoms with Crippen LogP contribution in [0.5, 0.6) is 0 Å². The number of sulfonamides is 1. The second kappa shape index (κ2) is 3.34. The van der Waals surface area contributed by atoms with Crippen LogP contribution in [0.15, 0.2) is 23.1 Å². The first-order chi connectivity index (χ1) is 5.95. The third kappa shape index (κ3) is 2.18. The van der Waals surface area contributed by atoms with Gasteiger partial charge in [0.2, 0.25) is 10.0 Å². The van der Waals surface area contributed by atoms with Crippen molar-refractivity contribution in [2.45, 2.75) is 4.90 Å². The van der Waals surface area contributed by atoms with Gasteiger partial charge < -0.3 is 0 Å². The summed E-state index contributed by atoms with van der Waals surface area (Å²) in [5.41, 5.74) is 0.202. The van der Waals surface area contributed by atoms with Gasteiger partial charge in [-0.25, -0.2) is 13.6 Å². The quantitative estimate of drug-likeness (QED) is 0.756. The minimum atomic E-state index is -3.85. The fourth-order valence-electron chi connectivity index (χ4n) is 0.791. The van der Waals surface area contributed by atoms with Gasteiger partial charge in [-0.3, -0.25) is 0 Å². The summed E-state index contributed by atoms with van der Waals surface area (Å²) < 4.78 is 21.8. The highest BCUT2D eigenvalue weighted by molar-refractivity contribution is 7.89. The van der Waals surface area contributed by atoms with Crippen molar-refractivity contribution in [3.05, 3.63) is 28.8 Å². The molecule has 0 heterocycles. The summed E-state index contributed by atoms with van der Waals surface area (Å²) in [7, 11) is -3.85. The summed E-state index contributed by atoms with van der Waals surface area (Å²) in [4.78, 5) is -0.229. The number of nitrogens with two attached hydrogens (primary N) is 1. The fraction of sp³-hybridized carbons (Fsp3) is 0. The number of halogens is 1. The van der Waals surface area contributed by atoms with Crippen LogP contribution in [0.25, 0.3) is 0 Å². The Labute approximate surface area is 80.6 Å². The standard InChI is InChI=1S/C7H5ClN2O2S/c8-6-2-1-5(4-9)3-7(6)13(10,11)12/h1-3H,(H2,10,11,12). The fourth-order valence-corrected chi connectivity index (χ4v) is 1.86. The van der Waals surface area contributed by atoms with Crippen LogP contribution in [-0.4, -0.2) is 8.42 Å². The van der Waals surface area contributed by atoms with E-state index in [0.29, 0.717) is 0 Å². The zero-order chi connectivity index (χ0) is 10.1. The second-order valence-corrected chi connectivity index (χ2v) is 4.24. The van der Waals surface area contributed by atoms with Crippen LogP contribution in [0.2, 0.25) is 5.02 Å². The van der Waals surface area contributed by atoms with Crippen LogP contribution in [0, 0.1) is 11.3 Å². The summed E-state index contributed by atoms with van der Waals surface area (Å²) in [5.74, 6) is 0. The molecule has 0 aromatic heterocycles. The molecule has 6 heteroatoms. The zero-order valence-corrected chi connectivity index (χ0v) is 7.93. The molecular formula is C7H5ClN2O2S. The smallest absolute Gasteiger partial charge is 0.225 e. The molecule has 0 aliphatic rings. The van der Waals surface area contributed by atoms with E-state index in [1.54, 1.807) is 6.07 Å². The predicted molar refractivity (Wildman–Crippen MR) is 47.5 cm³/mol. The van der Waals surface area contributed by atoms with Gasteiger partial charge in [0, 0.05) is 0 Å². The van der Waals surface area contributed by atoms with Gasteiger partial charge in [0.25, 0.3) is 0 Å². The van der Waals surface area contributed by atoms with Crippen LogP contribution in [-0.2, 0) is 10.0 Å². The van der Waals surface area contributed by atoms with Crippen LogP contribution >= 0.6 is 11.6 Å². The van der Waals surface area contributed by atoms with E-state index in [9.17, 15) is 8.42 Å². The van der Waals surface area contributed by atoms with Crippen LogP contribution in [0.1, 0.15) is 5.56 Å². The SMILES string of the molecule is N#Cc1ccc(Cl)c(S(N)(=O)=O)c1. The molecule has 0 aliphatic carbocycles. The molecular weight excluding hydrogens is 212 g/mol.